The van der Waals surface area contributed by atoms with Gasteiger partial charge >= 0.3 is 0 Å². The van der Waals surface area contributed by atoms with E-state index in [1.165, 1.54) is 11.3 Å². The van der Waals surface area contributed by atoms with E-state index in [1.807, 2.05) is 14.2 Å². The summed E-state index contributed by atoms with van der Waals surface area (Å²) in [6, 6.07) is 6.93. The smallest absolute Gasteiger partial charge is 0.0605 e. The molecule has 0 amide bonds. The first-order valence-corrected chi connectivity index (χ1v) is 7.69. The number of benzene rings is 1. The first-order valence-electron chi connectivity index (χ1n) is 6.90. The van der Waals surface area contributed by atoms with Crippen molar-refractivity contribution in [3.63, 3.8) is 0 Å². The average molecular weight is 327 g/mol. The second-order valence-electron chi connectivity index (χ2n) is 5.14. The van der Waals surface area contributed by atoms with E-state index in [2.05, 4.69) is 51.3 Å². The lowest BCUT2D eigenvalue weighted by Gasteiger charge is -2.35. The quantitative estimate of drug-likeness (QED) is 0.918. The molecule has 1 aromatic rings. The van der Waals surface area contributed by atoms with Crippen LogP contribution in [0.5, 0.6) is 0 Å². The van der Waals surface area contributed by atoms with E-state index >= 15 is 0 Å². The summed E-state index contributed by atoms with van der Waals surface area (Å²) in [5, 5.41) is 3.34. The van der Waals surface area contributed by atoms with Crippen LogP contribution in [0.1, 0.15) is 31.4 Å². The molecule has 1 unspecified atom stereocenters. The SMILES string of the molecule is CNC(C)c1cc(Br)ccc1N1CCC(OC)CC1. The second-order valence-corrected chi connectivity index (χ2v) is 6.05. The third-order valence-electron chi connectivity index (χ3n) is 4.01. The van der Waals surface area contributed by atoms with Gasteiger partial charge in [0.25, 0.3) is 0 Å². The molecule has 3 nitrogen and oxygen atoms in total. The van der Waals surface area contributed by atoms with Crippen LogP contribution in [-0.2, 0) is 4.74 Å². The van der Waals surface area contributed by atoms with Crippen molar-refractivity contribution in [3.05, 3.63) is 28.2 Å². The van der Waals surface area contributed by atoms with Gasteiger partial charge in [-0.15, -0.1) is 0 Å². The topological polar surface area (TPSA) is 24.5 Å². The third kappa shape index (κ3) is 3.50. The van der Waals surface area contributed by atoms with Gasteiger partial charge in [0.15, 0.2) is 0 Å². The van der Waals surface area contributed by atoms with Crippen molar-refractivity contribution in [1.29, 1.82) is 0 Å². The molecule has 1 aliphatic heterocycles. The fraction of sp³-hybridized carbons (Fsp3) is 0.600. The van der Waals surface area contributed by atoms with Crippen molar-refractivity contribution >= 4 is 21.6 Å². The van der Waals surface area contributed by atoms with Gasteiger partial charge in [0.05, 0.1) is 6.10 Å². The Kier molecular flexibility index (Phi) is 5.25. The lowest BCUT2D eigenvalue weighted by atomic mass is 10.0. The summed E-state index contributed by atoms with van der Waals surface area (Å²) >= 11 is 3.57. The van der Waals surface area contributed by atoms with Crippen LogP contribution >= 0.6 is 15.9 Å². The van der Waals surface area contributed by atoms with Gasteiger partial charge in [0.1, 0.15) is 0 Å². The fourth-order valence-electron chi connectivity index (χ4n) is 2.65. The van der Waals surface area contributed by atoms with Gasteiger partial charge < -0.3 is 15.0 Å². The highest BCUT2D eigenvalue weighted by atomic mass is 79.9. The summed E-state index contributed by atoms with van der Waals surface area (Å²) in [5.41, 5.74) is 2.70. The molecular weight excluding hydrogens is 304 g/mol. The minimum absolute atomic E-state index is 0.354. The van der Waals surface area contributed by atoms with Gasteiger partial charge in [0.2, 0.25) is 0 Å². The van der Waals surface area contributed by atoms with Crippen LogP contribution in [-0.4, -0.2) is 33.4 Å². The standard InChI is InChI=1S/C15H23BrN2O/c1-11(17-2)14-10-12(16)4-5-15(14)18-8-6-13(19-3)7-9-18/h4-5,10-11,13,17H,6-9H2,1-3H3. The minimum Gasteiger partial charge on any atom is -0.381 e. The number of nitrogens with one attached hydrogen (secondary N) is 1. The molecule has 4 heteroatoms. The predicted molar refractivity (Wildman–Crippen MR) is 83.9 cm³/mol. The Balaban J connectivity index is 2.20. The number of piperidine rings is 1. The monoisotopic (exact) mass is 326 g/mol. The number of halogens is 1. The van der Waals surface area contributed by atoms with Crippen molar-refractivity contribution in [1.82, 2.24) is 5.32 Å². The summed E-state index contributed by atoms with van der Waals surface area (Å²) in [7, 11) is 3.82. The first-order chi connectivity index (χ1) is 9.15. The number of nitrogens with zero attached hydrogens (tertiary/aromatic N) is 1. The van der Waals surface area contributed by atoms with Crippen LogP contribution in [0.3, 0.4) is 0 Å². The molecule has 1 fully saturated rings. The maximum atomic E-state index is 5.45. The zero-order valence-corrected chi connectivity index (χ0v) is 13.5. The van der Waals surface area contributed by atoms with Crippen molar-refractivity contribution < 1.29 is 4.74 Å². The van der Waals surface area contributed by atoms with E-state index in [0.717, 1.165) is 30.4 Å². The summed E-state index contributed by atoms with van der Waals surface area (Å²) in [4.78, 5) is 2.48. The Morgan fingerprint density at radius 1 is 1.37 bits per heavy atom. The highest BCUT2D eigenvalue weighted by molar-refractivity contribution is 9.10. The number of rotatable bonds is 4. The van der Waals surface area contributed by atoms with Gasteiger partial charge in [-0.2, -0.15) is 0 Å². The second kappa shape index (κ2) is 6.73. The van der Waals surface area contributed by atoms with Crippen LogP contribution in [0.4, 0.5) is 5.69 Å². The Hall–Kier alpha value is -0.580. The molecule has 19 heavy (non-hydrogen) atoms. The molecule has 0 bridgehead atoms. The molecule has 1 N–H and O–H groups in total. The number of ether oxygens (including phenoxy) is 1. The lowest BCUT2D eigenvalue weighted by Crippen LogP contribution is -2.37. The maximum Gasteiger partial charge on any atom is 0.0605 e. The summed E-state index contributed by atoms with van der Waals surface area (Å²) in [6.45, 7) is 4.35. The maximum absolute atomic E-state index is 5.45. The highest BCUT2D eigenvalue weighted by Crippen LogP contribution is 2.31. The van der Waals surface area contributed by atoms with E-state index < -0.39 is 0 Å². The molecular formula is C15H23BrN2O. The number of hydrogen-bond donors (Lipinski definition) is 1. The van der Waals surface area contributed by atoms with Gasteiger partial charge in [-0.25, -0.2) is 0 Å². The Labute approximate surface area is 124 Å². The molecule has 1 heterocycles. The van der Waals surface area contributed by atoms with E-state index in [0.29, 0.717) is 12.1 Å². The molecule has 2 rings (SSSR count). The van der Waals surface area contributed by atoms with Gasteiger partial charge in [0, 0.05) is 36.4 Å². The number of anilines is 1. The van der Waals surface area contributed by atoms with Crippen LogP contribution < -0.4 is 10.2 Å². The number of hydrogen-bond acceptors (Lipinski definition) is 3. The lowest BCUT2D eigenvalue weighted by molar-refractivity contribution is 0.0819. The largest absolute Gasteiger partial charge is 0.381 e. The van der Waals surface area contributed by atoms with E-state index in [4.69, 9.17) is 4.74 Å². The normalized spacial score (nSPS) is 18.6. The van der Waals surface area contributed by atoms with E-state index in [1.54, 1.807) is 0 Å². The van der Waals surface area contributed by atoms with Crippen molar-refractivity contribution in [2.75, 3.05) is 32.1 Å². The van der Waals surface area contributed by atoms with Crippen LogP contribution in [0.25, 0.3) is 0 Å². The Morgan fingerprint density at radius 2 is 2.05 bits per heavy atom. The molecule has 0 aliphatic carbocycles. The molecule has 1 aromatic carbocycles. The zero-order chi connectivity index (χ0) is 13.8. The van der Waals surface area contributed by atoms with Crippen LogP contribution in [0.15, 0.2) is 22.7 Å². The molecule has 0 saturated carbocycles. The molecule has 106 valence electrons. The van der Waals surface area contributed by atoms with Gasteiger partial charge in [-0.1, -0.05) is 15.9 Å². The zero-order valence-electron chi connectivity index (χ0n) is 11.9. The molecule has 0 radical (unpaired) electrons. The average Bonchev–Trinajstić information content (AvgIpc) is 2.46. The van der Waals surface area contributed by atoms with E-state index in [9.17, 15) is 0 Å². The first kappa shape index (κ1) is 14.8. The summed E-state index contributed by atoms with van der Waals surface area (Å²) in [6.07, 6.45) is 2.65. The Morgan fingerprint density at radius 3 is 2.63 bits per heavy atom. The molecule has 1 atom stereocenters. The third-order valence-corrected chi connectivity index (χ3v) is 4.50. The van der Waals surface area contributed by atoms with Crippen molar-refractivity contribution in [2.24, 2.45) is 0 Å². The molecule has 0 spiro atoms. The minimum atomic E-state index is 0.354. The van der Waals surface area contributed by atoms with Crippen molar-refractivity contribution in [3.8, 4) is 0 Å². The van der Waals surface area contributed by atoms with Crippen LogP contribution in [0, 0.1) is 0 Å². The van der Waals surface area contributed by atoms with Crippen LogP contribution in [0.2, 0.25) is 0 Å². The molecule has 1 aliphatic rings. The highest BCUT2D eigenvalue weighted by Gasteiger charge is 2.21. The summed E-state index contributed by atoms with van der Waals surface area (Å²) in [5.74, 6) is 0. The number of methoxy groups -OCH3 is 1. The van der Waals surface area contributed by atoms with E-state index in [-0.39, 0.29) is 0 Å². The van der Waals surface area contributed by atoms with Gasteiger partial charge in [-0.3, -0.25) is 0 Å². The predicted octanol–water partition coefficient (Wildman–Crippen LogP) is 3.34. The summed E-state index contributed by atoms with van der Waals surface area (Å²) < 4.78 is 6.59. The molecule has 1 saturated heterocycles. The Bertz CT molecular complexity index is 417. The fourth-order valence-corrected chi connectivity index (χ4v) is 3.03. The molecule has 0 aromatic heterocycles. The van der Waals surface area contributed by atoms with Gasteiger partial charge in [-0.05, 0) is 50.6 Å². The van der Waals surface area contributed by atoms with Crippen molar-refractivity contribution in [2.45, 2.75) is 31.9 Å².